The molecule has 0 saturated heterocycles. The van der Waals surface area contributed by atoms with Crippen LogP contribution in [0.2, 0.25) is 10.2 Å². The van der Waals surface area contributed by atoms with Gasteiger partial charge in [-0.25, -0.2) is 10.1 Å². The smallest absolute Gasteiger partial charge is 0.267 e. The van der Waals surface area contributed by atoms with Crippen LogP contribution >= 0.6 is 23.2 Å². The highest BCUT2D eigenvalue weighted by Gasteiger charge is 2.13. The Morgan fingerprint density at radius 1 is 1.16 bits per heavy atom. The fraction of sp³-hybridized carbons (Fsp3) is 0.0556. The first kappa shape index (κ1) is 17.2. The molecule has 0 aliphatic rings. The van der Waals surface area contributed by atoms with Crippen molar-refractivity contribution in [1.29, 1.82) is 0 Å². The first-order valence-corrected chi connectivity index (χ1v) is 8.21. The van der Waals surface area contributed by atoms with Crippen molar-refractivity contribution in [3.8, 4) is 5.69 Å². The van der Waals surface area contributed by atoms with Crippen molar-refractivity contribution in [3.05, 3.63) is 81.6 Å². The number of nitrogens with one attached hydrogen (secondary N) is 1. The fourth-order valence-electron chi connectivity index (χ4n) is 2.25. The molecular weight excluding hydrogens is 359 g/mol. The molecule has 0 saturated carbocycles. The zero-order valence-corrected chi connectivity index (χ0v) is 14.8. The van der Waals surface area contributed by atoms with E-state index in [0.29, 0.717) is 27.0 Å². The Hall–Kier alpha value is -2.63. The van der Waals surface area contributed by atoms with Crippen molar-refractivity contribution >= 4 is 35.3 Å². The van der Waals surface area contributed by atoms with Gasteiger partial charge in [-0.2, -0.15) is 10.2 Å². The number of hydrogen-bond acceptors (Lipinski definition) is 3. The third-order valence-corrected chi connectivity index (χ3v) is 4.09. The van der Waals surface area contributed by atoms with Gasteiger partial charge in [0.2, 0.25) is 0 Å². The monoisotopic (exact) mass is 372 g/mol. The summed E-state index contributed by atoms with van der Waals surface area (Å²) in [5.74, 6) is -0.358. The van der Waals surface area contributed by atoms with Gasteiger partial charge in [-0.1, -0.05) is 47.5 Å². The number of amides is 1. The summed E-state index contributed by atoms with van der Waals surface area (Å²) in [5.41, 5.74) is 5.06. The summed E-state index contributed by atoms with van der Waals surface area (Å²) in [6, 6.07) is 16.2. The lowest BCUT2D eigenvalue weighted by atomic mass is 10.2. The maximum atomic E-state index is 12.0. The van der Waals surface area contributed by atoms with Crippen LogP contribution in [0.15, 0.2) is 59.7 Å². The molecule has 5 nitrogen and oxygen atoms in total. The van der Waals surface area contributed by atoms with Crippen LogP contribution in [0, 0.1) is 6.92 Å². The summed E-state index contributed by atoms with van der Waals surface area (Å²) < 4.78 is 1.62. The number of carbonyl (C=O) groups excluding carboxylic acids is 1. The van der Waals surface area contributed by atoms with Crippen molar-refractivity contribution in [1.82, 2.24) is 15.2 Å². The molecule has 0 bridgehead atoms. The molecule has 0 radical (unpaired) electrons. The molecule has 0 fully saturated rings. The molecular formula is C18H14Cl2N4O. The molecule has 25 heavy (non-hydrogen) atoms. The van der Waals surface area contributed by atoms with Gasteiger partial charge in [0, 0.05) is 10.6 Å². The minimum absolute atomic E-state index is 0.358. The molecule has 0 spiro atoms. The molecule has 3 aromatic rings. The average molecular weight is 373 g/mol. The molecule has 0 aliphatic heterocycles. The van der Waals surface area contributed by atoms with Crippen molar-refractivity contribution in [3.63, 3.8) is 0 Å². The van der Waals surface area contributed by atoms with Crippen LogP contribution in [0.3, 0.4) is 0 Å². The number of hydrazone groups is 1. The van der Waals surface area contributed by atoms with Crippen LogP contribution in [0.4, 0.5) is 0 Å². The molecule has 0 unspecified atom stereocenters. The second-order valence-electron chi connectivity index (χ2n) is 5.25. The molecule has 1 heterocycles. The first-order valence-electron chi connectivity index (χ1n) is 7.46. The van der Waals surface area contributed by atoms with Crippen LogP contribution in [0.25, 0.3) is 5.69 Å². The van der Waals surface area contributed by atoms with E-state index in [1.54, 1.807) is 28.9 Å². The van der Waals surface area contributed by atoms with E-state index in [4.69, 9.17) is 23.2 Å². The Bertz CT molecular complexity index is 936. The number of nitrogens with zero attached hydrogens (tertiary/aromatic N) is 3. The number of carbonyl (C=O) groups is 1. The molecule has 0 aliphatic carbocycles. The molecule has 3 rings (SSSR count). The highest BCUT2D eigenvalue weighted by atomic mass is 35.5. The van der Waals surface area contributed by atoms with Gasteiger partial charge >= 0.3 is 0 Å². The highest BCUT2D eigenvalue weighted by molar-refractivity contribution is 6.32. The summed E-state index contributed by atoms with van der Waals surface area (Å²) in [6.45, 7) is 1.82. The lowest BCUT2D eigenvalue weighted by molar-refractivity contribution is 0.0955. The number of benzene rings is 2. The lowest BCUT2D eigenvalue weighted by Gasteiger charge is -2.02. The van der Waals surface area contributed by atoms with Crippen LogP contribution in [-0.4, -0.2) is 21.9 Å². The summed E-state index contributed by atoms with van der Waals surface area (Å²) >= 11 is 12.3. The highest BCUT2D eigenvalue weighted by Crippen LogP contribution is 2.21. The van der Waals surface area contributed by atoms with E-state index in [2.05, 4.69) is 15.6 Å². The second-order valence-corrected chi connectivity index (χ2v) is 6.04. The van der Waals surface area contributed by atoms with Gasteiger partial charge in [0.1, 0.15) is 5.15 Å². The molecule has 1 N–H and O–H groups in total. The number of hydrogen-bond donors (Lipinski definition) is 1. The first-order chi connectivity index (χ1) is 12.1. The van der Waals surface area contributed by atoms with Crippen molar-refractivity contribution in [2.75, 3.05) is 0 Å². The SMILES string of the molecule is Cc1nn(-c2ccccc2)c(Cl)c1/C=N/NC(=O)c1cccc(Cl)c1. The summed E-state index contributed by atoms with van der Waals surface area (Å²) in [7, 11) is 0. The van der Waals surface area contributed by atoms with E-state index >= 15 is 0 Å². The van der Waals surface area contributed by atoms with E-state index in [9.17, 15) is 4.79 Å². The zero-order chi connectivity index (χ0) is 17.8. The minimum atomic E-state index is -0.358. The van der Waals surface area contributed by atoms with E-state index in [1.807, 2.05) is 37.3 Å². The van der Waals surface area contributed by atoms with Crippen LogP contribution in [0.1, 0.15) is 21.6 Å². The molecule has 0 atom stereocenters. The topological polar surface area (TPSA) is 59.3 Å². The largest absolute Gasteiger partial charge is 0.271 e. The number of aryl methyl sites for hydroxylation is 1. The van der Waals surface area contributed by atoms with Gasteiger partial charge in [-0.15, -0.1) is 0 Å². The van der Waals surface area contributed by atoms with Gasteiger partial charge in [0.05, 0.1) is 23.2 Å². The van der Waals surface area contributed by atoms with Crippen LogP contribution in [-0.2, 0) is 0 Å². The van der Waals surface area contributed by atoms with Gasteiger partial charge < -0.3 is 0 Å². The maximum Gasteiger partial charge on any atom is 0.271 e. The summed E-state index contributed by atoms with van der Waals surface area (Å²) in [5, 5.41) is 9.29. The zero-order valence-electron chi connectivity index (χ0n) is 13.3. The van der Waals surface area contributed by atoms with E-state index in [1.165, 1.54) is 6.21 Å². The number of halogens is 2. The third-order valence-electron chi connectivity index (χ3n) is 3.50. The predicted octanol–water partition coefficient (Wildman–Crippen LogP) is 4.25. The molecule has 7 heteroatoms. The molecule has 2 aromatic carbocycles. The quantitative estimate of drug-likeness (QED) is 0.549. The van der Waals surface area contributed by atoms with Gasteiger partial charge in [0.25, 0.3) is 5.91 Å². The minimum Gasteiger partial charge on any atom is -0.267 e. The van der Waals surface area contributed by atoms with Gasteiger partial charge in [0.15, 0.2) is 0 Å². The normalized spacial score (nSPS) is 11.0. The second kappa shape index (κ2) is 7.51. The molecule has 126 valence electrons. The Balaban J connectivity index is 1.78. The van der Waals surface area contributed by atoms with E-state index in [-0.39, 0.29) is 5.91 Å². The number of aromatic nitrogens is 2. The van der Waals surface area contributed by atoms with Gasteiger partial charge in [-0.3, -0.25) is 4.79 Å². The van der Waals surface area contributed by atoms with Crippen LogP contribution in [0.5, 0.6) is 0 Å². The third kappa shape index (κ3) is 3.90. The van der Waals surface area contributed by atoms with E-state index in [0.717, 1.165) is 5.69 Å². The van der Waals surface area contributed by atoms with Gasteiger partial charge in [-0.05, 0) is 37.3 Å². The predicted molar refractivity (Wildman–Crippen MR) is 99.8 cm³/mol. The Labute approximate surface area is 154 Å². The van der Waals surface area contributed by atoms with Crippen molar-refractivity contribution in [2.45, 2.75) is 6.92 Å². The Morgan fingerprint density at radius 2 is 1.92 bits per heavy atom. The Kier molecular flexibility index (Phi) is 5.16. The summed E-state index contributed by atoms with van der Waals surface area (Å²) in [4.78, 5) is 12.0. The van der Waals surface area contributed by atoms with E-state index < -0.39 is 0 Å². The summed E-state index contributed by atoms with van der Waals surface area (Å²) in [6.07, 6.45) is 1.48. The van der Waals surface area contributed by atoms with Crippen molar-refractivity contribution < 1.29 is 4.79 Å². The Morgan fingerprint density at radius 3 is 2.64 bits per heavy atom. The standard InChI is InChI=1S/C18H14Cl2N4O/c1-12-16(17(20)24(23-12)15-8-3-2-4-9-15)11-21-22-18(25)13-6-5-7-14(19)10-13/h2-11H,1H3,(H,22,25)/b21-11+. The number of rotatable bonds is 4. The lowest BCUT2D eigenvalue weighted by Crippen LogP contribution is -2.17. The number of para-hydroxylation sites is 1. The molecule has 1 amide bonds. The maximum absolute atomic E-state index is 12.0. The van der Waals surface area contributed by atoms with Crippen molar-refractivity contribution in [2.24, 2.45) is 5.10 Å². The fourth-order valence-corrected chi connectivity index (χ4v) is 2.76. The average Bonchev–Trinajstić information content (AvgIpc) is 2.90. The van der Waals surface area contributed by atoms with Crippen LogP contribution < -0.4 is 5.43 Å². The molecule has 1 aromatic heterocycles.